The van der Waals surface area contributed by atoms with Gasteiger partial charge in [0.1, 0.15) is 0 Å². The molecule has 0 saturated carbocycles. The number of rotatable bonds is 3. The van der Waals surface area contributed by atoms with Crippen molar-refractivity contribution in [1.82, 2.24) is 24.9 Å². The number of para-hydroxylation sites is 1. The standard InChI is InChI=1S/C15H16N4.C12H16N2O2/c1-11-12(2)19(14-7-5-4-6-8-14)17-15(11)13-9-16-18(3)10-13;1-12(16)7-6-10(14-11(13)15)8-4-2-3-5-9(8)12/h4-10H,1-3H3;2-5,10,16H,6-7H2,1H3,(H3,13,14,15). The molecule has 182 valence electrons. The number of carbonyl (C=O) groups is 1. The van der Waals surface area contributed by atoms with Gasteiger partial charge in [0.15, 0.2) is 0 Å². The molecule has 1 aliphatic rings. The van der Waals surface area contributed by atoms with Gasteiger partial charge in [-0.15, -0.1) is 0 Å². The van der Waals surface area contributed by atoms with E-state index in [1.54, 1.807) is 11.6 Å². The Hall–Kier alpha value is -3.91. The number of aromatic nitrogens is 4. The first-order valence-corrected chi connectivity index (χ1v) is 11.7. The summed E-state index contributed by atoms with van der Waals surface area (Å²) in [4.78, 5) is 10.9. The number of aryl methyl sites for hydroxylation is 1. The van der Waals surface area contributed by atoms with Crippen LogP contribution in [0.2, 0.25) is 0 Å². The molecule has 5 rings (SSSR count). The maximum atomic E-state index is 10.9. The molecule has 1 aliphatic carbocycles. The zero-order valence-corrected chi connectivity index (χ0v) is 20.6. The third-order valence-electron chi connectivity index (χ3n) is 6.55. The molecule has 8 nitrogen and oxygen atoms in total. The van der Waals surface area contributed by atoms with Crippen molar-refractivity contribution in [3.63, 3.8) is 0 Å². The maximum Gasteiger partial charge on any atom is 0.312 e. The molecule has 0 bridgehead atoms. The van der Waals surface area contributed by atoms with Crippen LogP contribution < -0.4 is 11.1 Å². The van der Waals surface area contributed by atoms with Crippen LogP contribution in [0.5, 0.6) is 0 Å². The van der Waals surface area contributed by atoms with Crippen LogP contribution >= 0.6 is 0 Å². The monoisotopic (exact) mass is 472 g/mol. The molecule has 2 aromatic heterocycles. The molecule has 2 amide bonds. The second kappa shape index (κ2) is 9.76. The largest absolute Gasteiger partial charge is 0.385 e. The molecular weight excluding hydrogens is 440 g/mol. The number of aliphatic hydroxyl groups is 1. The highest BCUT2D eigenvalue weighted by atomic mass is 16.3. The predicted molar refractivity (Wildman–Crippen MR) is 136 cm³/mol. The summed E-state index contributed by atoms with van der Waals surface area (Å²) in [5.74, 6) is 0. The van der Waals surface area contributed by atoms with Gasteiger partial charge in [-0.1, -0.05) is 42.5 Å². The fourth-order valence-corrected chi connectivity index (χ4v) is 4.55. The number of hydrogen-bond acceptors (Lipinski definition) is 4. The van der Waals surface area contributed by atoms with Gasteiger partial charge in [0, 0.05) is 24.5 Å². The lowest BCUT2D eigenvalue weighted by atomic mass is 9.78. The van der Waals surface area contributed by atoms with Crippen LogP contribution in [-0.2, 0) is 12.6 Å². The van der Waals surface area contributed by atoms with Crippen LogP contribution in [0.3, 0.4) is 0 Å². The number of nitrogens with two attached hydrogens (primary N) is 1. The number of benzene rings is 2. The number of urea groups is 1. The van der Waals surface area contributed by atoms with Crippen LogP contribution in [0, 0.1) is 13.8 Å². The van der Waals surface area contributed by atoms with Gasteiger partial charge in [-0.25, -0.2) is 9.48 Å². The molecule has 0 spiro atoms. The van der Waals surface area contributed by atoms with Gasteiger partial charge < -0.3 is 16.2 Å². The van der Waals surface area contributed by atoms with Crippen molar-refractivity contribution < 1.29 is 9.90 Å². The third-order valence-corrected chi connectivity index (χ3v) is 6.55. The average molecular weight is 473 g/mol. The van der Waals surface area contributed by atoms with Crippen LogP contribution in [0.25, 0.3) is 16.9 Å². The minimum absolute atomic E-state index is 0.0890. The molecule has 0 aliphatic heterocycles. The summed E-state index contributed by atoms with van der Waals surface area (Å²) in [5.41, 5.74) is 11.6. The van der Waals surface area contributed by atoms with Crippen molar-refractivity contribution in [3.05, 3.63) is 89.4 Å². The van der Waals surface area contributed by atoms with Crippen molar-refractivity contribution in [2.24, 2.45) is 12.8 Å². The zero-order valence-electron chi connectivity index (χ0n) is 20.6. The summed E-state index contributed by atoms with van der Waals surface area (Å²) in [6, 6.07) is 17.2. The van der Waals surface area contributed by atoms with Crippen LogP contribution in [0.1, 0.15) is 48.2 Å². The second-order valence-corrected chi connectivity index (χ2v) is 9.17. The van der Waals surface area contributed by atoms with E-state index in [0.717, 1.165) is 33.8 Å². The summed E-state index contributed by atoms with van der Waals surface area (Å²) in [7, 11) is 1.92. The summed E-state index contributed by atoms with van der Waals surface area (Å²) in [5, 5.41) is 21.9. The molecule has 35 heavy (non-hydrogen) atoms. The normalized spacial score (nSPS) is 18.8. The third kappa shape index (κ3) is 5.12. The molecule has 4 aromatic rings. The van der Waals surface area contributed by atoms with E-state index in [4.69, 9.17) is 10.8 Å². The Balaban J connectivity index is 0.000000168. The lowest BCUT2D eigenvalue weighted by Crippen LogP contribution is -2.39. The molecule has 2 atom stereocenters. The van der Waals surface area contributed by atoms with Gasteiger partial charge in [0.05, 0.1) is 29.2 Å². The van der Waals surface area contributed by atoms with Crippen molar-refractivity contribution in [3.8, 4) is 16.9 Å². The number of hydrogen-bond donors (Lipinski definition) is 3. The lowest BCUT2D eigenvalue weighted by Gasteiger charge is -2.35. The molecule has 0 radical (unpaired) electrons. The topological polar surface area (TPSA) is 111 Å². The second-order valence-electron chi connectivity index (χ2n) is 9.17. The van der Waals surface area contributed by atoms with Crippen molar-refractivity contribution in [2.45, 2.75) is 45.3 Å². The van der Waals surface area contributed by atoms with Crippen LogP contribution in [-0.4, -0.2) is 30.7 Å². The van der Waals surface area contributed by atoms with E-state index < -0.39 is 11.6 Å². The highest BCUT2D eigenvalue weighted by Crippen LogP contribution is 2.39. The van der Waals surface area contributed by atoms with E-state index in [0.29, 0.717) is 12.8 Å². The molecule has 2 aromatic carbocycles. The molecule has 2 heterocycles. The molecule has 8 heteroatoms. The fraction of sp³-hybridized carbons (Fsp3) is 0.296. The molecule has 0 fully saturated rings. The highest BCUT2D eigenvalue weighted by Gasteiger charge is 2.34. The summed E-state index contributed by atoms with van der Waals surface area (Å²) < 4.78 is 3.78. The first kappa shape index (κ1) is 24.2. The van der Waals surface area contributed by atoms with Crippen LogP contribution in [0.4, 0.5) is 4.79 Å². The van der Waals surface area contributed by atoms with Gasteiger partial charge in [-0.05, 0) is 62.4 Å². The Morgan fingerprint density at radius 1 is 1.14 bits per heavy atom. The van der Waals surface area contributed by atoms with Gasteiger partial charge in [-0.3, -0.25) is 4.68 Å². The van der Waals surface area contributed by atoms with E-state index in [1.165, 1.54) is 5.56 Å². The van der Waals surface area contributed by atoms with Crippen molar-refractivity contribution >= 4 is 6.03 Å². The minimum atomic E-state index is -0.813. The summed E-state index contributed by atoms with van der Waals surface area (Å²) in [6.07, 6.45) is 5.16. The smallest absolute Gasteiger partial charge is 0.312 e. The Labute approximate surface area is 205 Å². The Morgan fingerprint density at radius 3 is 2.49 bits per heavy atom. The SMILES string of the molecule is CC1(O)CCC(NC(N)=O)c2ccccc21.Cc1c(-c2cnn(C)c2)nn(-c2ccccc2)c1C. The van der Waals surface area contributed by atoms with E-state index in [-0.39, 0.29) is 6.04 Å². The van der Waals surface area contributed by atoms with E-state index in [1.807, 2.05) is 66.6 Å². The molecule has 2 unspecified atom stereocenters. The molecule has 4 N–H and O–H groups in total. The van der Waals surface area contributed by atoms with Gasteiger partial charge >= 0.3 is 6.03 Å². The Morgan fingerprint density at radius 2 is 1.83 bits per heavy atom. The predicted octanol–water partition coefficient (Wildman–Crippen LogP) is 4.29. The lowest BCUT2D eigenvalue weighted by molar-refractivity contribution is 0.0331. The van der Waals surface area contributed by atoms with Gasteiger partial charge in [-0.2, -0.15) is 10.2 Å². The van der Waals surface area contributed by atoms with Gasteiger partial charge in [0.25, 0.3) is 0 Å². The number of amides is 2. The first-order chi connectivity index (χ1) is 16.7. The number of fused-ring (bicyclic) bond motifs is 1. The number of primary amides is 1. The number of nitrogens with zero attached hydrogens (tertiary/aromatic N) is 4. The molecular formula is C27H32N6O2. The maximum absolute atomic E-state index is 10.9. The summed E-state index contributed by atoms with van der Waals surface area (Å²) >= 11 is 0. The number of nitrogens with one attached hydrogen (secondary N) is 1. The Bertz CT molecular complexity index is 1320. The van der Waals surface area contributed by atoms with Gasteiger partial charge in [0.2, 0.25) is 0 Å². The van der Waals surface area contributed by atoms with E-state index in [9.17, 15) is 9.90 Å². The minimum Gasteiger partial charge on any atom is -0.385 e. The van der Waals surface area contributed by atoms with Crippen LogP contribution in [0.15, 0.2) is 67.0 Å². The Kier molecular flexibility index (Phi) is 6.75. The van der Waals surface area contributed by atoms with Crippen molar-refractivity contribution in [1.29, 1.82) is 0 Å². The van der Waals surface area contributed by atoms with E-state index >= 15 is 0 Å². The first-order valence-electron chi connectivity index (χ1n) is 11.7. The van der Waals surface area contributed by atoms with E-state index in [2.05, 4.69) is 36.4 Å². The summed E-state index contributed by atoms with van der Waals surface area (Å²) in [6.45, 7) is 5.99. The zero-order chi connectivity index (χ0) is 25.2. The average Bonchev–Trinajstić information content (AvgIpc) is 3.40. The quantitative estimate of drug-likeness (QED) is 0.413. The molecule has 0 saturated heterocycles. The van der Waals surface area contributed by atoms with Crippen molar-refractivity contribution in [2.75, 3.05) is 0 Å². The fourth-order valence-electron chi connectivity index (χ4n) is 4.55. The number of carbonyl (C=O) groups excluding carboxylic acids is 1. The highest BCUT2D eigenvalue weighted by molar-refractivity contribution is 5.72.